The lowest BCUT2D eigenvalue weighted by molar-refractivity contribution is -0.115. The van der Waals surface area contributed by atoms with Gasteiger partial charge in [0.15, 0.2) is 0 Å². The maximum absolute atomic E-state index is 11.9. The van der Waals surface area contributed by atoms with E-state index in [2.05, 4.69) is 5.32 Å². The first-order valence-corrected chi connectivity index (χ1v) is 6.95. The van der Waals surface area contributed by atoms with Gasteiger partial charge in [0, 0.05) is 10.0 Å². The van der Waals surface area contributed by atoms with Gasteiger partial charge in [-0.2, -0.15) is 5.26 Å². The summed E-state index contributed by atoms with van der Waals surface area (Å²) in [5.41, 5.74) is 1.15. The zero-order valence-electron chi connectivity index (χ0n) is 9.61. The van der Waals surface area contributed by atoms with Crippen LogP contribution in [0.15, 0.2) is 29.6 Å². The van der Waals surface area contributed by atoms with Gasteiger partial charge in [-0.1, -0.05) is 29.3 Å². The Bertz CT molecular complexity index is 661. The zero-order chi connectivity index (χ0) is 13.8. The Balaban J connectivity index is 2.08. The van der Waals surface area contributed by atoms with Crippen molar-refractivity contribution >= 4 is 45.4 Å². The molecule has 19 heavy (non-hydrogen) atoms. The number of hydrogen-bond donors (Lipinski definition) is 1. The molecule has 1 aromatic carbocycles. The molecule has 6 heteroatoms. The Hall–Kier alpha value is -1.54. The fraction of sp³-hybridized carbons (Fsp3) is 0.0769. The SMILES string of the molecule is N#Cc1ccsc1NC(=O)Cc1ccc(Cl)cc1Cl. The molecule has 0 atom stereocenters. The highest BCUT2D eigenvalue weighted by atomic mass is 35.5. The number of thiophene rings is 1. The van der Waals surface area contributed by atoms with Gasteiger partial charge in [0.05, 0.1) is 12.0 Å². The second-order valence-electron chi connectivity index (χ2n) is 3.74. The smallest absolute Gasteiger partial charge is 0.229 e. The lowest BCUT2D eigenvalue weighted by Gasteiger charge is -2.05. The molecule has 1 aromatic heterocycles. The van der Waals surface area contributed by atoms with Crippen molar-refractivity contribution in [3.8, 4) is 6.07 Å². The normalized spacial score (nSPS) is 9.95. The van der Waals surface area contributed by atoms with Crippen molar-refractivity contribution in [3.63, 3.8) is 0 Å². The molecule has 3 nitrogen and oxygen atoms in total. The fourth-order valence-corrected chi connectivity index (χ4v) is 2.73. The average molecular weight is 311 g/mol. The summed E-state index contributed by atoms with van der Waals surface area (Å²) in [5, 5.41) is 14.8. The lowest BCUT2D eigenvalue weighted by atomic mass is 10.1. The van der Waals surface area contributed by atoms with Crippen molar-refractivity contribution in [3.05, 3.63) is 50.8 Å². The van der Waals surface area contributed by atoms with Crippen LogP contribution >= 0.6 is 34.5 Å². The molecule has 0 saturated heterocycles. The molecular formula is C13H8Cl2N2OS. The van der Waals surface area contributed by atoms with E-state index in [1.54, 1.807) is 29.6 Å². The molecule has 0 fully saturated rings. The highest BCUT2D eigenvalue weighted by molar-refractivity contribution is 7.14. The van der Waals surface area contributed by atoms with Crippen LogP contribution in [-0.4, -0.2) is 5.91 Å². The first kappa shape index (κ1) is 13.9. The summed E-state index contributed by atoms with van der Waals surface area (Å²) in [6.45, 7) is 0. The molecule has 0 aliphatic rings. The van der Waals surface area contributed by atoms with Crippen molar-refractivity contribution in [2.75, 3.05) is 5.32 Å². The van der Waals surface area contributed by atoms with E-state index in [4.69, 9.17) is 28.5 Å². The number of amides is 1. The molecule has 0 bridgehead atoms. The summed E-state index contributed by atoms with van der Waals surface area (Å²) < 4.78 is 0. The Morgan fingerprint density at radius 1 is 1.37 bits per heavy atom. The summed E-state index contributed by atoms with van der Waals surface area (Å²) in [6, 6.07) is 8.67. The van der Waals surface area contributed by atoms with Gasteiger partial charge in [0.1, 0.15) is 11.1 Å². The van der Waals surface area contributed by atoms with E-state index >= 15 is 0 Å². The summed E-state index contributed by atoms with van der Waals surface area (Å²) in [7, 11) is 0. The van der Waals surface area contributed by atoms with Crippen LogP contribution in [0.1, 0.15) is 11.1 Å². The molecule has 0 spiro atoms. The molecule has 96 valence electrons. The number of carbonyl (C=O) groups is 1. The topological polar surface area (TPSA) is 52.9 Å². The van der Waals surface area contributed by atoms with Gasteiger partial charge in [0.25, 0.3) is 0 Å². The molecule has 1 amide bonds. The van der Waals surface area contributed by atoms with Crippen LogP contribution in [0.2, 0.25) is 10.0 Å². The number of nitriles is 1. The molecule has 0 aliphatic carbocycles. The minimum absolute atomic E-state index is 0.138. The van der Waals surface area contributed by atoms with Gasteiger partial charge < -0.3 is 5.32 Å². The lowest BCUT2D eigenvalue weighted by Crippen LogP contribution is -2.14. The predicted molar refractivity (Wildman–Crippen MR) is 77.8 cm³/mol. The molecule has 0 radical (unpaired) electrons. The molecular weight excluding hydrogens is 303 g/mol. The van der Waals surface area contributed by atoms with E-state index in [1.807, 2.05) is 6.07 Å². The van der Waals surface area contributed by atoms with E-state index < -0.39 is 0 Å². The predicted octanol–water partition coefficient (Wildman–Crippen LogP) is 4.11. The molecule has 1 heterocycles. The molecule has 0 aliphatic heterocycles. The van der Waals surface area contributed by atoms with E-state index in [-0.39, 0.29) is 12.3 Å². The maximum atomic E-state index is 11.9. The summed E-state index contributed by atoms with van der Waals surface area (Å²) >= 11 is 13.1. The number of nitrogens with one attached hydrogen (secondary N) is 1. The Kier molecular flexibility index (Phi) is 4.43. The Labute approximate surface area is 124 Å². The number of nitrogens with zero attached hydrogens (tertiary/aromatic N) is 1. The van der Waals surface area contributed by atoms with Crippen LogP contribution in [0.3, 0.4) is 0 Å². The van der Waals surface area contributed by atoms with Gasteiger partial charge in [-0.15, -0.1) is 11.3 Å². The highest BCUT2D eigenvalue weighted by Gasteiger charge is 2.11. The number of anilines is 1. The van der Waals surface area contributed by atoms with Crippen LogP contribution in [-0.2, 0) is 11.2 Å². The quantitative estimate of drug-likeness (QED) is 0.927. The third-order valence-corrected chi connectivity index (χ3v) is 3.82. The largest absolute Gasteiger partial charge is 0.316 e. The van der Waals surface area contributed by atoms with Crippen molar-refractivity contribution < 1.29 is 4.79 Å². The number of halogens is 2. The van der Waals surface area contributed by atoms with E-state index in [0.717, 1.165) is 0 Å². The summed E-state index contributed by atoms with van der Waals surface area (Å²) in [4.78, 5) is 11.9. The second kappa shape index (κ2) is 6.07. The third kappa shape index (κ3) is 3.48. The number of rotatable bonds is 3. The molecule has 0 saturated carbocycles. The Morgan fingerprint density at radius 2 is 2.16 bits per heavy atom. The van der Waals surface area contributed by atoms with Crippen molar-refractivity contribution in [2.45, 2.75) is 6.42 Å². The van der Waals surface area contributed by atoms with E-state index in [0.29, 0.717) is 26.2 Å². The van der Waals surface area contributed by atoms with E-state index in [1.165, 1.54) is 11.3 Å². The zero-order valence-corrected chi connectivity index (χ0v) is 11.9. The van der Waals surface area contributed by atoms with E-state index in [9.17, 15) is 4.79 Å². The maximum Gasteiger partial charge on any atom is 0.229 e. The second-order valence-corrected chi connectivity index (χ2v) is 5.50. The van der Waals surface area contributed by atoms with Gasteiger partial charge in [-0.3, -0.25) is 4.79 Å². The van der Waals surface area contributed by atoms with Crippen LogP contribution in [0.25, 0.3) is 0 Å². The number of benzene rings is 1. The van der Waals surface area contributed by atoms with Gasteiger partial charge in [0.2, 0.25) is 5.91 Å². The van der Waals surface area contributed by atoms with Gasteiger partial charge in [-0.05, 0) is 29.1 Å². The van der Waals surface area contributed by atoms with Crippen LogP contribution in [0, 0.1) is 11.3 Å². The van der Waals surface area contributed by atoms with Crippen molar-refractivity contribution in [1.29, 1.82) is 5.26 Å². The van der Waals surface area contributed by atoms with Crippen LogP contribution < -0.4 is 5.32 Å². The first-order chi connectivity index (χ1) is 9.10. The van der Waals surface area contributed by atoms with Crippen LogP contribution in [0.5, 0.6) is 0 Å². The molecule has 1 N–H and O–H groups in total. The summed E-state index contributed by atoms with van der Waals surface area (Å²) in [5.74, 6) is -0.219. The molecule has 0 unspecified atom stereocenters. The highest BCUT2D eigenvalue weighted by Crippen LogP contribution is 2.24. The number of hydrogen-bond acceptors (Lipinski definition) is 3. The first-order valence-electron chi connectivity index (χ1n) is 5.31. The monoisotopic (exact) mass is 310 g/mol. The molecule has 2 rings (SSSR count). The van der Waals surface area contributed by atoms with Gasteiger partial charge >= 0.3 is 0 Å². The van der Waals surface area contributed by atoms with Gasteiger partial charge in [-0.25, -0.2) is 0 Å². The van der Waals surface area contributed by atoms with Crippen molar-refractivity contribution in [1.82, 2.24) is 0 Å². The van der Waals surface area contributed by atoms with Crippen molar-refractivity contribution in [2.24, 2.45) is 0 Å². The standard InChI is InChI=1S/C13H8Cl2N2OS/c14-10-2-1-8(11(15)6-10)5-12(18)17-13-9(7-16)3-4-19-13/h1-4,6H,5H2,(H,17,18). The number of carbonyl (C=O) groups excluding carboxylic acids is 1. The minimum atomic E-state index is -0.219. The average Bonchev–Trinajstić information content (AvgIpc) is 2.80. The summed E-state index contributed by atoms with van der Waals surface area (Å²) in [6.07, 6.45) is 0.138. The molecule has 2 aromatic rings. The third-order valence-electron chi connectivity index (χ3n) is 2.40. The van der Waals surface area contributed by atoms with Crippen LogP contribution in [0.4, 0.5) is 5.00 Å². The Morgan fingerprint density at radius 3 is 2.84 bits per heavy atom. The fourth-order valence-electron chi connectivity index (χ4n) is 1.50. The minimum Gasteiger partial charge on any atom is -0.316 e.